The lowest BCUT2D eigenvalue weighted by Crippen LogP contribution is -2.40. The van der Waals surface area contributed by atoms with E-state index in [2.05, 4.69) is 10.5 Å². The smallest absolute Gasteiger partial charge is 0.323 e. The average molecular weight is 487 g/mol. The number of hydrogen-bond acceptors (Lipinski definition) is 5. The number of rotatable bonds is 10. The SMILES string of the molecule is O=C(NN=Cc1cccc(OCc2ccc(Cl)cc2)c1)C(Oc1ccccc1)Oc1ccccc1. The third kappa shape index (κ3) is 7.62. The molecule has 0 unspecified atom stereocenters. The van der Waals surface area contributed by atoms with E-state index >= 15 is 0 Å². The first-order chi connectivity index (χ1) is 17.2. The van der Waals surface area contributed by atoms with Gasteiger partial charge in [0.1, 0.15) is 23.9 Å². The average Bonchev–Trinajstić information content (AvgIpc) is 2.89. The molecule has 0 saturated heterocycles. The fourth-order valence-electron chi connectivity index (χ4n) is 3.03. The molecule has 4 aromatic rings. The van der Waals surface area contributed by atoms with Crippen LogP contribution >= 0.6 is 11.6 Å². The van der Waals surface area contributed by atoms with Gasteiger partial charge in [-0.05, 0) is 59.7 Å². The van der Waals surface area contributed by atoms with Crippen LogP contribution in [0.3, 0.4) is 0 Å². The van der Waals surface area contributed by atoms with Gasteiger partial charge in [0, 0.05) is 5.02 Å². The predicted octanol–water partition coefficient (Wildman–Crippen LogP) is 5.85. The van der Waals surface area contributed by atoms with Gasteiger partial charge in [-0.25, -0.2) is 5.43 Å². The lowest BCUT2D eigenvalue weighted by molar-refractivity contribution is -0.140. The predicted molar refractivity (Wildman–Crippen MR) is 136 cm³/mol. The lowest BCUT2D eigenvalue weighted by atomic mass is 10.2. The number of hydrazone groups is 1. The van der Waals surface area contributed by atoms with Crippen LogP contribution in [0.2, 0.25) is 5.02 Å². The van der Waals surface area contributed by atoms with Gasteiger partial charge in [0.05, 0.1) is 6.21 Å². The van der Waals surface area contributed by atoms with Crippen LogP contribution in [0, 0.1) is 0 Å². The Morgan fingerprint density at radius 2 is 1.40 bits per heavy atom. The maximum Gasteiger partial charge on any atom is 0.323 e. The minimum Gasteiger partial charge on any atom is -0.489 e. The Kier molecular flexibility index (Phi) is 8.35. The first kappa shape index (κ1) is 23.9. The van der Waals surface area contributed by atoms with E-state index in [0.29, 0.717) is 28.9 Å². The lowest BCUT2D eigenvalue weighted by Gasteiger charge is -2.18. The van der Waals surface area contributed by atoms with Crippen molar-refractivity contribution >= 4 is 23.7 Å². The quantitative estimate of drug-likeness (QED) is 0.173. The molecule has 4 aromatic carbocycles. The zero-order chi connectivity index (χ0) is 24.3. The zero-order valence-electron chi connectivity index (χ0n) is 18.7. The molecule has 0 aliphatic rings. The number of para-hydroxylation sites is 2. The highest BCUT2D eigenvalue weighted by Gasteiger charge is 2.22. The highest BCUT2D eigenvalue weighted by atomic mass is 35.5. The number of carbonyl (C=O) groups is 1. The maximum absolute atomic E-state index is 12.8. The number of nitrogens with zero attached hydrogens (tertiary/aromatic N) is 1. The van der Waals surface area contributed by atoms with E-state index < -0.39 is 12.2 Å². The van der Waals surface area contributed by atoms with Crippen molar-refractivity contribution in [2.45, 2.75) is 12.9 Å². The van der Waals surface area contributed by atoms with Crippen molar-refractivity contribution in [3.63, 3.8) is 0 Å². The fourth-order valence-corrected chi connectivity index (χ4v) is 3.16. The molecule has 1 amide bonds. The van der Waals surface area contributed by atoms with Crippen LogP contribution in [-0.2, 0) is 11.4 Å². The van der Waals surface area contributed by atoms with Crippen molar-refractivity contribution in [1.29, 1.82) is 0 Å². The van der Waals surface area contributed by atoms with E-state index in [1.54, 1.807) is 24.3 Å². The molecule has 7 heteroatoms. The Balaban J connectivity index is 1.37. The van der Waals surface area contributed by atoms with Gasteiger partial charge in [-0.3, -0.25) is 4.79 Å². The third-order valence-corrected chi connectivity index (χ3v) is 5.00. The standard InChI is InChI=1S/C28H23ClN2O4/c29-23-16-14-21(15-17-23)20-33-26-13-7-8-22(18-26)19-30-31-27(32)28(34-24-9-3-1-4-10-24)35-25-11-5-2-6-12-25/h1-19,28H,20H2,(H,31,32). The zero-order valence-corrected chi connectivity index (χ0v) is 19.5. The molecule has 0 aromatic heterocycles. The second kappa shape index (κ2) is 12.3. The summed E-state index contributed by atoms with van der Waals surface area (Å²) in [6, 6.07) is 32.8. The number of hydrogen-bond donors (Lipinski definition) is 1. The van der Waals surface area contributed by atoms with Crippen molar-refractivity contribution in [3.8, 4) is 17.2 Å². The maximum atomic E-state index is 12.8. The molecule has 0 fully saturated rings. The first-order valence-corrected chi connectivity index (χ1v) is 11.3. The largest absolute Gasteiger partial charge is 0.489 e. The minimum absolute atomic E-state index is 0.407. The monoisotopic (exact) mass is 486 g/mol. The van der Waals surface area contributed by atoms with Gasteiger partial charge in [-0.1, -0.05) is 72.3 Å². The summed E-state index contributed by atoms with van der Waals surface area (Å²) in [6.45, 7) is 0.407. The van der Waals surface area contributed by atoms with Gasteiger partial charge >= 0.3 is 12.2 Å². The molecule has 0 radical (unpaired) electrons. The summed E-state index contributed by atoms with van der Waals surface area (Å²) in [7, 11) is 0. The van der Waals surface area contributed by atoms with E-state index in [0.717, 1.165) is 11.1 Å². The van der Waals surface area contributed by atoms with E-state index in [1.807, 2.05) is 84.9 Å². The van der Waals surface area contributed by atoms with Crippen LogP contribution in [-0.4, -0.2) is 18.4 Å². The number of carbonyl (C=O) groups excluding carboxylic acids is 1. The van der Waals surface area contributed by atoms with Crippen molar-refractivity contribution in [2.24, 2.45) is 5.10 Å². The fraction of sp³-hybridized carbons (Fsp3) is 0.0714. The number of amides is 1. The van der Waals surface area contributed by atoms with E-state index in [4.69, 9.17) is 25.8 Å². The van der Waals surface area contributed by atoms with E-state index in [-0.39, 0.29) is 0 Å². The number of benzene rings is 4. The van der Waals surface area contributed by atoms with Crippen LogP contribution < -0.4 is 19.6 Å². The molecule has 0 spiro atoms. The summed E-state index contributed by atoms with van der Waals surface area (Å²) in [6.07, 6.45) is 0.292. The van der Waals surface area contributed by atoms with Gasteiger partial charge in [0.25, 0.3) is 0 Å². The normalized spacial score (nSPS) is 10.8. The third-order valence-electron chi connectivity index (χ3n) is 4.75. The number of nitrogens with one attached hydrogen (secondary N) is 1. The number of ether oxygens (including phenoxy) is 3. The molecule has 0 bridgehead atoms. The summed E-state index contributed by atoms with van der Waals surface area (Å²) in [5, 5.41) is 4.74. The Labute approximate surface area is 208 Å². The molecule has 6 nitrogen and oxygen atoms in total. The highest BCUT2D eigenvalue weighted by molar-refractivity contribution is 6.30. The molecule has 0 heterocycles. The Morgan fingerprint density at radius 3 is 2.03 bits per heavy atom. The minimum atomic E-state index is -1.23. The molecular formula is C28H23ClN2O4. The Bertz CT molecular complexity index is 1210. The Hall–Kier alpha value is -4.29. The topological polar surface area (TPSA) is 69.2 Å². The van der Waals surface area contributed by atoms with Crippen LogP contribution in [0.1, 0.15) is 11.1 Å². The second-order valence-electron chi connectivity index (χ2n) is 7.42. The summed E-state index contributed by atoms with van der Waals surface area (Å²) in [4.78, 5) is 12.8. The molecule has 176 valence electrons. The number of halogens is 1. The van der Waals surface area contributed by atoms with Crippen molar-refractivity contribution in [2.75, 3.05) is 0 Å². The molecule has 35 heavy (non-hydrogen) atoms. The van der Waals surface area contributed by atoms with Crippen molar-refractivity contribution in [3.05, 3.63) is 125 Å². The summed E-state index contributed by atoms with van der Waals surface area (Å²) in [5.41, 5.74) is 4.24. The molecule has 0 saturated carbocycles. The molecule has 0 aliphatic carbocycles. The summed E-state index contributed by atoms with van der Waals surface area (Å²) < 4.78 is 17.3. The Morgan fingerprint density at radius 1 is 0.800 bits per heavy atom. The van der Waals surface area contributed by atoms with Gasteiger partial charge < -0.3 is 14.2 Å². The van der Waals surface area contributed by atoms with Crippen molar-refractivity contribution < 1.29 is 19.0 Å². The van der Waals surface area contributed by atoms with Gasteiger partial charge in [0.15, 0.2) is 0 Å². The van der Waals surface area contributed by atoms with Crippen LogP contribution in [0.5, 0.6) is 17.2 Å². The molecule has 1 N–H and O–H groups in total. The van der Waals surface area contributed by atoms with Crippen LogP contribution in [0.25, 0.3) is 0 Å². The van der Waals surface area contributed by atoms with Crippen molar-refractivity contribution in [1.82, 2.24) is 5.43 Å². The van der Waals surface area contributed by atoms with Gasteiger partial charge in [0.2, 0.25) is 0 Å². The molecule has 4 rings (SSSR count). The van der Waals surface area contributed by atoms with E-state index in [9.17, 15) is 4.79 Å². The first-order valence-electron chi connectivity index (χ1n) is 10.9. The van der Waals surface area contributed by atoms with Gasteiger partial charge in [-0.15, -0.1) is 0 Å². The molecular weight excluding hydrogens is 464 g/mol. The van der Waals surface area contributed by atoms with Gasteiger partial charge in [-0.2, -0.15) is 5.10 Å². The summed E-state index contributed by atoms with van der Waals surface area (Å²) >= 11 is 5.92. The second-order valence-corrected chi connectivity index (χ2v) is 7.85. The summed E-state index contributed by atoms with van der Waals surface area (Å²) in [5.74, 6) is 1.12. The van der Waals surface area contributed by atoms with E-state index in [1.165, 1.54) is 6.21 Å². The van der Waals surface area contributed by atoms with Crippen LogP contribution in [0.15, 0.2) is 114 Å². The molecule has 0 atom stereocenters. The molecule has 0 aliphatic heterocycles. The highest BCUT2D eigenvalue weighted by Crippen LogP contribution is 2.17. The van der Waals surface area contributed by atoms with Crippen LogP contribution in [0.4, 0.5) is 0 Å².